The highest BCUT2D eigenvalue weighted by atomic mass is 32.2. The average molecular weight is 388 g/mol. The van der Waals surface area contributed by atoms with Crippen LogP contribution in [0.4, 0.5) is 4.79 Å². The summed E-state index contributed by atoms with van der Waals surface area (Å²) < 4.78 is 11.2. The van der Waals surface area contributed by atoms with Crippen LogP contribution in [0.1, 0.15) is 31.4 Å². The van der Waals surface area contributed by atoms with Gasteiger partial charge in [-0.15, -0.1) is 6.58 Å². The number of rotatable bonds is 9. The molecule has 1 heterocycles. The smallest absolute Gasteiger partial charge is 0.293 e. The van der Waals surface area contributed by atoms with E-state index in [1.165, 1.54) is 4.90 Å². The second kappa shape index (κ2) is 9.46. The van der Waals surface area contributed by atoms with Crippen LogP contribution in [0.5, 0.6) is 11.5 Å². The van der Waals surface area contributed by atoms with Crippen LogP contribution in [0, 0.1) is 0 Å². The molecule has 0 aliphatic carbocycles. The molecule has 0 bridgehead atoms. The Bertz CT molecular complexity index is 785. The Morgan fingerprint density at radius 2 is 2.00 bits per heavy atom. The van der Waals surface area contributed by atoms with Crippen molar-refractivity contribution < 1.29 is 19.1 Å². The summed E-state index contributed by atoms with van der Waals surface area (Å²) in [5.41, 5.74) is 1.66. The molecule has 1 aliphatic heterocycles. The molecule has 1 aromatic rings. The lowest BCUT2D eigenvalue weighted by atomic mass is 10.0. The van der Waals surface area contributed by atoms with E-state index in [0.717, 1.165) is 29.3 Å². The first-order valence-corrected chi connectivity index (χ1v) is 9.60. The molecule has 2 amide bonds. The minimum atomic E-state index is -0.254. The van der Waals surface area contributed by atoms with Gasteiger partial charge in [-0.1, -0.05) is 25.7 Å². The fourth-order valence-electron chi connectivity index (χ4n) is 2.73. The largest absolute Gasteiger partial charge is 0.493 e. The van der Waals surface area contributed by atoms with Gasteiger partial charge in [0.2, 0.25) is 0 Å². The van der Waals surface area contributed by atoms with Crippen molar-refractivity contribution in [3.63, 3.8) is 0 Å². The second-order valence-electron chi connectivity index (χ2n) is 6.11. The van der Waals surface area contributed by atoms with Gasteiger partial charge in [-0.2, -0.15) is 0 Å². The Morgan fingerprint density at radius 1 is 1.26 bits per heavy atom. The van der Waals surface area contributed by atoms with E-state index in [9.17, 15) is 9.59 Å². The molecule has 0 radical (unpaired) electrons. The van der Waals surface area contributed by atoms with E-state index in [2.05, 4.69) is 13.2 Å². The van der Waals surface area contributed by atoms with Crippen LogP contribution in [0.3, 0.4) is 0 Å². The summed E-state index contributed by atoms with van der Waals surface area (Å²) in [6.45, 7) is 11.6. The number of thioether (sulfide) groups is 1. The van der Waals surface area contributed by atoms with Crippen LogP contribution in [-0.4, -0.2) is 35.8 Å². The van der Waals surface area contributed by atoms with Gasteiger partial charge in [-0.05, 0) is 55.3 Å². The first-order valence-electron chi connectivity index (χ1n) is 8.79. The third-order valence-electron chi connectivity index (χ3n) is 4.24. The number of ether oxygens (including phenoxy) is 2. The SMILES string of the molecule is C=CCOc1c(CC=C)cc(/C=C2/SC(=O)N([C@@H](C)CC)C2=O)cc1OC. The maximum absolute atomic E-state index is 12.6. The van der Waals surface area contributed by atoms with Crippen LogP contribution in [0.15, 0.2) is 42.3 Å². The third kappa shape index (κ3) is 4.63. The van der Waals surface area contributed by atoms with E-state index in [4.69, 9.17) is 9.47 Å². The number of carbonyl (C=O) groups excluding carboxylic acids is 2. The van der Waals surface area contributed by atoms with Gasteiger partial charge >= 0.3 is 0 Å². The molecule has 0 aromatic heterocycles. The number of benzene rings is 1. The maximum atomic E-state index is 12.6. The minimum Gasteiger partial charge on any atom is -0.493 e. The average Bonchev–Trinajstić information content (AvgIpc) is 2.93. The number of imide groups is 1. The van der Waals surface area contributed by atoms with Gasteiger partial charge in [-0.3, -0.25) is 14.5 Å². The van der Waals surface area contributed by atoms with Gasteiger partial charge in [0.15, 0.2) is 11.5 Å². The first-order chi connectivity index (χ1) is 13.0. The van der Waals surface area contributed by atoms with E-state index in [1.807, 2.05) is 19.9 Å². The molecule has 1 aromatic carbocycles. The molecule has 0 saturated carbocycles. The standard InChI is InChI=1S/C21H25NO4S/c1-6-9-16-11-15(12-17(25-5)19(16)26-10-7-2)13-18-20(23)22(14(4)8-3)21(24)27-18/h6-7,11-14H,1-2,8-10H2,3-5H3/b18-13+/t14-/m0/s1. The van der Waals surface area contributed by atoms with E-state index in [1.54, 1.807) is 31.4 Å². The monoisotopic (exact) mass is 387 g/mol. The molecule has 0 unspecified atom stereocenters. The van der Waals surface area contributed by atoms with Gasteiger partial charge in [0.25, 0.3) is 11.1 Å². The van der Waals surface area contributed by atoms with Crippen molar-refractivity contribution in [2.45, 2.75) is 32.7 Å². The number of nitrogens with zero attached hydrogens (tertiary/aromatic N) is 1. The van der Waals surface area contributed by atoms with Crippen LogP contribution in [0.2, 0.25) is 0 Å². The van der Waals surface area contributed by atoms with Crippen molar-refractivity contribution in [2.75, 3.05) is 13.7 Å². The Kier molecular flexibility index (Phi) is 7.30. The molecule has 2 rings (SSSR count). The number of amides is 2. The highest BCUT2D eigenvalue weighted by molar-refractivity contribution is 8.18. The predicted octanol–water partition coefficient (Wildman–Crippen LogP) is 4.82. The molecule has 144 valence electrons. The molecule has 27 heavy (non-hydrogen) atoms. The van der Waals surface area contributed by atoms with Crippen LogP contribution >= 0.6 is 11.8 Å². The van der Waals surface area contributed by atoms with Gasteiger partial charge < -0.3 is 9.47 Å². The minimum absolute atomic E-state index is 0.121. The number of hydrogen-bond acceptors (Lipinski definition) is 5. The summed E-state index contributed by atoms with van der Waals surface area (Å²) in [7, 11) is 1.56. The first kappa shape index (κ1) is 20.8. The van der Waals surface area contributed by atoms with Crippen molar-refractivity contribution in [2.24, 2.45) is 0 Å². The number of allylic oxidation sites excluding steroid dienone is 1. The molecular formula is C21H25NO4S. The summed E-state index contributed by atoms with van der Waals surface area (Å²) in [6.07, 6.45) is 6.46. The number of hydrogen-bond donors (Lipinski definition) is 0. The van der Waals surface area contributed by atoms with Gasteiger partial charge in [-0.25, -0.2) is 0 Å². The van der Waals surface area contributed by atoms with Gasteiger partial charge in [0, 0.05) is 11.6 Å². The predicted molar refractivity (Wildman–Crippen MR) is 110 cm³/mol. The van der Waals surface area contributed by atoms with Crippen molar-refractivity contribution in [3.8, 4) is 11.5 Å². The Morgan fingerprint density at radius 3 is 2.59 bits per heavy atom. The lowest BCUT2D eigenvalue weighted by Gasteiger charge is -2.19. The zero-order valence-electron chi connectivity index (χ0n) is 16.0. The lowest BCUT2D eigenvalue weighted by Crippen LogP contribution is -2.36. The van der Waals surface area contributed by atoms with Crippen LogP contribution < -0.4 is 9.47 Å². The highest BCUT2D eigenvalue weighted by Crippen LogP contribution is 2.37. The van der Waals surface area contributed by atoms with Crippen LogP contribution in [0.25, 0.3) is 6.08 Å². The van der Waals surface area contributed by atoms with E-state index >= 15 is 0 Å². The van der Waals surface area contributed by atoms with Crippen molar-refractivity contribution in [3.05, 3.63) is 53.5 Å². The zero-order valence-corrected chi connectivity index (χ0v) is 16.8. The van der Waals surface area contributed by atoms with Crippen molar-refractivity contribution in [1.29, 1.82) is 0 Å². The van der Waals surface area contributed by atoms with Gasteiger partial charge in [0.1, 0.15) is 6.61 Å². The summed E-state index contributed by atoms with van der Waals surface area (Å²) in [5, 5.41) is -0.232. The summed E-state index contributed by atoms with van der Waals surface area (Å²) in [6, 6.07) is 3.59. The molecule has 1 fully saturated rings. The Labute approximate surface area is 164 Å². The van der Waals surface area contributed by atoms with Crippen molar-refractivity contribution in [1.82, 2.24) is 4.90 Å². The maximum Gasteiger partial charge on any atom is 0.293 e. The highest BCUT2D eigenvalue weighted by Gasteiger charge is 2.37. The molecule has 1 atom stereocenters. The van der Waals surface area contributed by atoms with Gasteiger partial charge in [0.05, 0.1) is 12.0 Å². The van der Waals surface area contributed by atoms with E-state index < -0.39 is 0 Å². The number of carbonyl (C=O) groups is 2. The molecule has 1 saturated heterocycles. The molecule has 0 spiro atoms. The van der Waals surface area contributed by atoms with E-state index in [0.29, 0.717) is 29.4 Å². The Balaban J connectivity index is 2.43. The zero-order chi connectivity index (χ0) is 20.0. The summed E-state index contributed by atoms with van der Waals surface area (Å²) in [5.74, 6) is 0.932. The fraction of sp³-hybridized carbons (Fsp3) is 0.333. The molecule has 6 heteroatoms. The molecule has 1 aliphatic rings. The van der Waals surface area contributed by atoms with E-state index in [-0.39, 0.29) is 17.2 Å². The summed E-state index contributed by atoms with van der Waals surface area (Å²) >= 11 is 0.964. The topological polar surface area (TPSA) is 55.8 Å². The van der Waals surface area contributed by atoms with Crippen molar-refractivity contribution >= 4 is 29.0 Å². The molecule has 0 N–H and O–H groups in total. The quantitative estimate of drug-likeness (QED) is 0.449. The summed E-state index contributed by atoms with van der Waals surface area (Å²) in [4.78, 5) is 26.6. The molecule has 5 nitrogen and oxygen atoms in total. The second-order valence-corrected chi connectivity index (χ2v) is 7.11. The number of methoxy groups -OCH3 is 1. The lowest BCUT2D eigenvalue weighted by molar-refractivity contribution is -0.124. The fourth-order valence-corrected chi connectivity index (χ4v) is 3.66. The Hall–Kier alpha value is -2.47. The van der Waals surface area contributed by atoms with Crippen LogP contribution in [-0.2, 0) is 11.2 Å². The normalized spacial score (nSPS) is 16.6. The third-order valence-corrected chi connectivity index (χ3v) is 5.12. The molecular weight excluding hydrogens is 362 g/mol.